The Morgan fingerprint density at radius 1 is 1.03 bits per heavy atom. The number of para-hydroxylation sites is 1. The maximum Gasteiger partial charge on any atom is 0.417 e. The molecule has 3 rings (SSSR count). The second kappa shape index (κ2) is 11.0. The molecule has 0 heterocycles. The first-order valence-electron chi connectivity index (χ1n) is 10.3. The van der Waals surface area contributed by atoms with Crippen LogP contribution in [0.15, 0.2) is 72.8 Å². The molecule has 1 N–H and O–H groups in total. The molecule has 0 saturated carbocycles. The van der Waals surface area contributed by atoms with Gasteiger partial charge in [-0.2, -0.15) is 13.2 Å². The number of rotatable bonds is 9. The van der Waals surface area contributed by atoms with Crippen molar-refractivity contribution in [2.45, 2.75) is 12.7 Å². The van der Waals surface area contributed by atoms with Crippen LogP contribution in [0.4, 0.5) is 18.9 Å². The summed E-state index contributed by atoms with van der Waals surface area (Å²) in [6.45, 7) is 0.318. The van der Waals surface area contributed by atoms with Gasteiger partial charge in [-0.3, -0.25) is 9.10 Å². The number of alkyl halides is 3. The molecule has 6 nitrogen and oxygen atoms in total. The van der Waals surface area contributed by atoms with Gasteiger partial charge in [-0.1, -0.05) is 41.9 Å². The number of anilines is 1. The number of ether oxygens (including phenoxy) is 1. The van der Waals surface area contributed by atoms with Crippen molar-refractivity contribution >= 4 is 33.2 Å². The van der Waals surface area contributed by atoms with Gasteiger partial charge in [-0.25, -0.2) is 8.42 Å². The van der Waals surface area contributed by atoms with E-state index in [1.54, 1.807) is 12.1 Å². The Morgan fingerprint density at radius 3 is 2.29 bits per heavy atom. The normalized spacial score (nSPS) is 11.7. The molecule has 3 aromatic carbocycles. The van der Waals surface area contributed by atoms with Crippen LogP contribution >= 0.6 is 11.6 Å². The molecule has 0 aliphatic rings. The van der Waals surface area contributed by atoms with E-state index in [9.17, 15) is 26.4 Å². The molecule has 0 radical (unpaired) electrons. The third kappa shape index (κ3) is 7.37. The number of hydrogen-bond acceptors (Lipinski definition) is 4. The number of carbonyl (C=O) groups is 1. The molecule has 0 saturated heterocycles. The van der Waals surface area contributed by atoms with Gasteiger partial charge in [0.05, 0.1) is 35.6 Å². The first-order chi connectivity index (χ1) is 16.4. The van der Waals surface area contributed by atoms with Crippen molar-refractivity contribution in [2.75, 3.05) is 23.7 Å². The second-order valence-electron chi connectivity index (χ2n) is 7.55. The van der Waals surface area contributed by atoms with E-state index in [4.69, 9.17) is 16.3 Å². The van der Waals surface area contributed by atoms with E-state index >= 15 is 0 Å². The molecule has 0 spiro atoms. The van der Waals surface area contributed by atoms with Gasteiger partial charge < -0.3 is 10.1 Å². The number of carbonyl (C=O) groups excluding carboxylic acids is 1. The van der Waals surface area contributed by atoms with Crippen LogP contribution in [0.1, 0.15) is 21.5 Å². The second-order valence-corrected chi connectivity index (χ2v) is 9.86. The number of halogens is 4. The Morgan fingerprint density at radius 2 is 1.69 bits per heavy atom. The average Bonchev–Trinajstić information content (AvgIpc) is 2.80. The van der Waals surface area contributed by atoms with Crippen molar-refractivity contribution in [1.82, 2.24) is 5.32 Å². The molecule has 35 heavy (non-hydrogen) atoms. The summed E-state index contributed by atoms with van der Waals surface area (Å²) >= 11 is 5.65. The van der Waals surface area contributed by atoms with Crippen LogP contribution < -0.4 is 14.4 Å². The van der Waals surface area contributed by atoms with Crippen molar-refractivity contribution < 1.29 is 31.1 Å². The largest absolute Gasteiger partial charge is 0.492 e. The van der Waals surface area contributed by atoms with Gasteiger partial charge in [0, 0.05) is 5.56 Å². The minimum absolute atomic E-state index is 0.176. The molecule has 0 aliphatic heterocycles. The Kier molecular flexibility index (Phi) is 8.29. The molecule has 11 heteroatoms. The topological polar surface area (TPSA) is 75.7 Å². The SMILES string of the molecule is CS(=O)(=O)N(Cc1ccc(C(=O)NCCOc2ccccc2)cc1)c1ccc(Cl)c(C(F)(F)F)c1. The Bertz CT molecular complexity index is 1270. The molecule has 186 valence electrons. The number of hydrogen-bond donors (Lipinski definition) is 1. The number of amides is 1. The zero-order valence-electron chi connectivity index (χ0n) is 18.5. The summed E-state index contributed by atoms with van der Waals surface area (Å²) in [5.41, 5.74) is -0.494. The number of nitrogens with zero attached hydrogens (tertiary/aromatic N) is 1. The predicted molar refractivity (Wildman–Crippen MR) is 128 cm³/mol. The van der Waals surface area contributed by atoms with Crippen molar-refractivity contribution in [1.29, 1.82) is 0 Å². The molecule has 0 aliphatic carbocycles. The van der Waals surface area contributed by atoms with Gasteiger partial charge in [-0.05, 0) is 48.0 Å². The molecule has 0 bridgehead atoms. The first kappa shape index (κ1) is 26.4. The van der Waals surface area contributed by atoms with Crippen LogP contribution in [0.2, 0.25) is 5.02 Å². The highest BCUT2D eigenvalue weighted by Crippen LogP contribution is 2.37. The van der Waals surface area contributed by atoms with Gasteiger partial charge >= 0.3 is 6.18 Å². The van der Waals surface area contributed by atoms with Crippen LogP contribution in [0, 0.1) is 0 Å². The molecular formula is C24H22ClF3N2O4S. The molecule has 0 aromatic heterocycles. The number of sulfonamides is 1. The quantitative estimate of drug-likeness (QED) is 0.392. The lowest BCUT2D eigenvalue weighted by Crippen LogP contribution is -2.30. The van der Waals surface area contributed by atoms with E-state index in [0.29, 0.717) is 22.9 Å². The van der Waals surface area contributed by atoms with E-state index in [0.717, 1.165) is 16.6 Å². The Hall–Kier alpha value is -3.24. The highest BCUT2D eigenvalue weighted by molar-refractivity contribution is 7.92. The van der Waals surface area contributed by atoms with Gasteiger partial charge in [0.1, 0.15) is 12.4 Å². The first-order valence-corrected chi connectivity index (χ1v) is 12.6. The molecule has 3 aromatic rings. The maximum absolute atomic E-state index is 13.2. The van der Waals surface area contributed by atoms with Crippen LogP contribution in [0.25, 0.3) is 0 Å². The highest BCUT2D eigenvalue weighted by atomic mass is 35.5. The lowest BCUT2D eigenvalue weighted by Gasteiger charge is -2.24. The van der Waals surface area contributed by atoms with Crippen molar-refractivity contribution in [3.8, 4) is 5.75 Å². The molecule has 0 fully saturated rings. The standard InChI is InChI=1S/C24H22ClF3N2O4S/c1-35(32,33)30(19-11-12-22(25)21(15-19)24(26,27)28)16-17-7-9-18(10-8-17)23(31)29-13-14-34-20-5-3-2-4-6-20/h2-12,15H,13-14,16H2,1H3,(H,29,31). The fourth-order valence-corrected chi connectivity index (χ4v) is 4.27. The molecular weight excluding hydrogens is 505 g/mol. The molecule has 0 atom stereocenters. The fraction of sp³-hybridized carbons (Fsp3) is 0.208. The average molecular weight is 527 g/mol. The van der Waals surface area contributed by atoms with E-state index in [-0.39, 0.29) is 31.3 Å². The Labute approximate surface area is 206 Å². The monoisotopic (exact) mass is 526 g/mol. The molecule has 0 unspecified atom stereocenters. The summed E-state index contributed by atoms with van der Waals surface area (Å²) in [5.74, 6) is 0.338. The van der Waals surface area contributed by atoms with Gasteiger partial charge in [0.2, 0.25) is 10.0 Å². The summed E-state index contributed by atoms with van der Waals surface area (Å²) in [6, 6.07) is 18.1. The maximum atomic E-state index is 13.2. The molecule has 1 amide bonds. The predicted octanol–water partition coefficient (Wildman–Crippen LogP) is 5.13. The minimum atomic E-state index is -4.74. The lowest BCUT2D eigenvalue weighted by atomic mass is 10.1. The van der Waals surface area contributed by atoms with E-state index in [1.165, 1.54) is 30.3 Å². The van der Waals surface area contributed by atoms with Gasteiger partial charge in [-0.15, -0.1) is 0 Å². The summed E-state index contributed by atoms with van der Waals surface area (Å²) in [5, 5.41) is 2.19. The zero-order valence-corrected chi connectivity index (χ0v) is 20.1. The third-order valence-electron chi connectivity index (χ3n) is 4.89. The van der Waals surface area contributed by atoms with E-state index in [2.05, 4.69) is 5.32 Å². The Balaban J connectivity index is 1.67. The van der Waals surface area contributed by atoms with Gasteiger partial charge in [0.15, 0.2) is 0 Å². The van der Waals surface area contributed by atoms with Crippen LogP contribution in [-0.2, 0) is 22.7 Å². The number of nitrogens with one attached hydrogen (secondary N) is 1. The van der Waals surface area contributed by atoms with Crippen LogP contribution in [0.3, 0.4) is 0 Å². The third-order valence-corrected chi connectivity index (χ3v) is 6.36. The number of benzene rings is 3. The van der Waals surface area contributed by atoms with Crippen LogP contribution in [-0.4, -0.2) is 33.7 Å². The zero-order chi connectivity index (χ0) is 25.6. The lowest BCUT2D eigenvalue weighted by molar-refractivity contribution is -0.137. The highest BCUT2D eigenvalue weighted by Gasteiger charge is 2.34. The van der Waals surface area contributed by atoms with Crippen molar-refractivity contribution in [2.24, 2.45) is 0 Å². The smallest absolute Gasteiger partial charge is 0.417 e. The van der Waals surface area contributed by atoms with E-state index < -0.39 is 26.8 Å². The summed E-state index contributed by atoms with van der Waals surface area (Å²) in [7, 11) is -3.93. The summed E-state index contributed by atoms with van der Waals surface area (Å²) in [6.07, 6.45) is -3.84. The fourth-order valence-electron chi connectivity index (χ4n) is 3.17. The minimum Gasteiger partial charge on any atom is -0.492 e. The summed E-state index contributed by atoms with van der Waals surface area (Å²) < 4.78 is 70.7. The van der Waals surface area contributed by atoms with Crippen molar-refractivity contribution in [3.63, 3.8) is 0 Å². The van der Waals surface area contributed by atoms with Gasteiger partial charge in [0.25, 0.3) is 5.91 Å². The summed E-state index contributed by atoms with van der Waals surface area (Å²) in [4.78, 5) is 12.3. The van der Waals surface area contributed by atoms with Crippen molar-refractivity contribution in [3.05, 3.63) is 94.5 Å². The van der Waals surface area contributed by atoms with Crippen LogP contribution in [0.5, 0.6) is 5.75 Å². The van der Waals surface area contributed by atoms with E-state index in [1.807, 2.05) is 18.2 Å².